The summed E-state index contributed by atoms with van der Waals surface area (Å²) in [4.78, 5) is 111. The number of urea groups is 1. The highest BCUT2D eigenvalue weighted by Gasteiger charge is 2.63. The number of nitrogens with zero attached hydrogens (tertiary/aromatic N) is 2. The monoisotopic (exact) mass is 1290 g/mol. The van der Waals surface area contributed by atoms with Crippen LogP contribution in [-0.2, 0) is 70.0 Å². The Hall–Kier alpha value is -6.59. The number of nitrogens with two attached hydrogens (primary N) is 1. The van der Waals surface area contributed by atoms with Crippen molar-refractivity contribution in [3.8, 4) is 5.75 Å². The highest BCUT2D eigenvalue weighted by Crippen LogP contribution is 2.49. The number of epoxide rings is 1. The smallest absolute Gasteiger partial charge is 0.328 e. The van der Waals surface area contributed by atoms with E-state index in [9.17, 15) is 43.5 Å². The summed E-state index contributed by atoms with van der Waals surface area (Å²) in [6, 6.07) is 6.02. The van der Waals surface area contributed by atoms with Gasteiger partial charge in [0.1, 0.15) is 52.1 Å². The van der Waals surface area contributed by atoms with Crippen molar-refractivity contribution in [2.24, 2.45) is 29.4 Å². The number of carbonyl (C=O) groups excluding carboxylic acids is 8. The molecule has 3 aliphatic heterocycles. The summed E-state index contributed by atoms with van der Waals surface area (Å²) in [6.45, 7) is 16.3. The van der Waals surface area contributed by atoms with Crippen molar-refractivity contribution in [1.82, 2.24) is 15.5 Å². The van der Waals surface area contributed by atoms with E-state index in [-0.39, 0.29) is 86.1 Å². The number of morpholine rings is 1. The Morgan fingerprint density at radius 2 is 1.67 bits per heavy atom. The van der Waals surface area contributed by atoms with Crippen molar-refractivity contribution in [1.29, 1.82) is 0 Å². The molecule has 23 heteroatoms. The second-order valence-electron chi connectivity index (χ2n) is 25.7. The lowest BCUT2D eigenvalue weighted by Gasteiger charge is -2.41. The topological polar surface area (TPSA) is 293 Å². The minimum absolute atomic E-state index is 0.00502. The molecule has 6 N–H and O–H groups in total. The fraction of sp³-hybridized carbons (Fsp3) is 0.647. The van der Waals surface area contributed by atoms with E-state index in [0.29, 0.717) is 80.4 Å². The van der Waals surface area contributed by atoms with Gasteiger partial charge in [-0.25, -0.2) is 9.59 Å². The number of allylic oxidation sites excluding steroid dienone is 3. The van der Waals surface area contributed by atoms with Crippen molar-refractivity contribution in [2.45, 2.75) is 199 Å². The van der Waals surface area contributed by atoms with Gasteiger partial charge in [-0.2, -0.15) is 0 Å². The van der Waals surface area contributed by atoms with Crippen molar-refractivity contribution in [2.75, 3.05) is 71.4 Å². The van der Waals surface area contributed by atoms with Crippen LogP contribution in [0.25, 0.3) is 0 Å². The van der Waals surface area contributed by atoms with Gasteiger partial charge in [0.25, 0.3) is 5.91 Å². The first kappa shape index (κ1) is 73.5. The fourth-order valence-electron chi connectivity index (χ4n) is 12.1. The van der Waals surface area contributed by atoms with Crippen LogP contribution >= 0.6 is 11.6 Å². The van der Waals surface area contributed by atoms with Gasteiger partial charge in [-0.3, -0.25) is 28.8 Å². The van der Waals surface area contributed by atoms with Crippen LogP contribution in [0.15, 0.2) is 54.1 Å². The van der Waals surface area contributed by atoms with E-state index in [2.05, 4.69) is 16.0 Å². The normalized spacial score (nSPS) is 22.5. The van der Waals surface area contributed by atoms with Crippen LogP contribution in [0.5, 0.6) is 5.75 Å². The largest absolute Gasteiger partial charge is 0.495 e. The second kappa shape index (κ2) is 33.8. The maximum atomic E-state index is 14.5. The number of halogens is 1. The average molecular weight is 1290 g/mol. The Morgan fingerprint density at radius 3 is 2.31 bits per heavy atom. The summed E-state index contributed by atoms with van der Waals surface area (Å²) >= 11 is 6.43. The molecule has 6 rings (SSSR count). The third kappa shape index (κ3) is 20.2. The number of benzene rings is 2. The summed E-state index contributed by atoms with van der Waals surface area (Å²) in [7, 11) is 6.31. The molecule has 0 bridgehead atoms. The molecule has 3 heterocycles. The van der Waals surface area contributed by atoms with E-state index in [1.165, 1.54) is 19.1 Å². The number of ether oxygens (including phenoxy) is 7. The number of carbonyl (C=O) groups is 8. The first-order valence-electron chi connectivity index (χ1n) is 32.2. The number of ketones is 2. The number of rotatable bonds is 35. The van der Waals surface area contributed by atoms with E-state index < -0.39 is 89.3 Å². The van der Waals surface area contributed by atoms with Gasteiger partial charge in [0, 0.05) is 89.6 Å². The summed E-state index contributed by atoms with van der Waals surface area (Å²) in [5.41, 5.74) is 6.87. The Bertz CT molecular complexity index is 2920. The molecule has 1 unspecified atom stereocenters. The second-order valence-corrected chi connectivity index (χ2v) is 26.1. The predicted molar refractivity (Wildman–Crippen MR) is 345 cm³/mol. The predicted octanol–water partition coefficient (Wildman–Crippen LogP) is 8.18. The number of methoxy groups -OCH3 is 2. The van der Waals surface area contributed by atoms with Crippen molar-refractivity contribution in [3.63, 3.8) is 0 Å². The molecule has 1 aliphatic carbocycles. The number of anilines is 2. The van der Waals surface area contributed by atoms with Gasteiger partial charge < -0.3 is 69.7 Å². The summed E-state index contributed by atoms with van der Waals surface area (Å²) < 4.78 is 40.6. The molecule has 4 aliphatic rings. The number of amides is 4. The van der Waals surface area contributed by atoms with Gasteiger partial charge in [0.15, 0.2) is 5.78 Å². The SMILES string of the molecule is CNc1cc(C/C(C)=C/C=C/[C@@H](OC)[C@]2(O)CC(=O)O[C@H]([C@@H](C)[C@@H]3O[C@@]3(C)[C@H](C)OC(=O)[C@H](C)N(C)C(=O)c3ccc(CC(=O)[C@H](CCCNC(N)=O)NC(=O)[C@@H](CC(=O)CCCCC(C)OC(=O)C4CCC4)C(C)C)c(N4CCOCC4)c3)C2)cc(OC)c1Cl. The molecule has 2 aromatic carbocycles. The molecule has 22 nitrogen and oxygen atoms in total. The molecule has 91 heavy (non-hydrogen) atoms. The molecule has 1 saturated carbocycles. The van der Waals surface area contributed by atoms with Crippen LogP contribution in [-0.4, -0.2) is 172 Å². The molecule has 0 spiro atoms. The fourth-order valence-corrected chi connectivity index (χ4v) is 12.4. The Labute approximate surface area is 541 Å². The summed E-state index contributed by atoms with van der Waals surface area (Å²) in [6.07, 6.45) is 7.76. The lowest BCUT2D eigenvalue weighted by atomic mass is 9.79. The van der Waals surface area contributed by atoms with Crippen molar-refractivity contribution < 1.29 is 76.6 Å². The van der Waals surface area contributed by atoms with Crippen LogP contribution in [0.3, 0.4) is 0 Å². The summed E-state index contributed by atoms with van der Waals surface area (Å²) in [5, 5.41) is 21.1. The van der Waals surface area contributed by atoms with Gasteiger partial charge >= 0.3 is 23.9 Å². The highest BCUT2D eigenvalue weighted by atomic mass is 35.5. The van der Waals surface area contributed by atoms with E-state index in [1.54, 1.807) is 65.3 Å². The number of aliphatic hydroxyl groups is 1. The van der Waals surface area contributed by atoms with Gasteiger partial charge in [0.2, 0.25) is 5.91 Å². The number of likely N-dealkylation sites (N-methyl/N-ethyl adjacent to an activating group) is 1. The van der Waals surface area contributed by atoms with Gasteiger partial charge in [-0.1, -0.05) is 68.7 Å². The molecule has 2 aromatic rings. The van der Waals surface area contributed by atoms with Gasteiger partial charge in [-0.15, -0.1) is 0 Å². The number of hydrogen-bond acceptors (Lipinski definition) is 18. The van der Waals surface area contributed by atoms with E-state index in [1.807, 2.05) is 57.7 Å². The maximum absolute atomic E-state index is 14.5. The minimum atomic E-state index is -1.61. The number of primary amides is 1. The number of Topliss-reactive ketones (excluding diaryl/α,β-unsaturated/α-hetero) is 2. The van der Waals surface area contributed by atoms with Crippen LogP contribution in [0, 0.1) is 23.7 Å². The number of hydrogen-bond donors (Lipinski definition) is 5. The van der Waals surface area contributed by atoms with E-state index in [0.717, 1.165) is 36.1 Å². The van der Waals surface area contributed by atoms with Gasteiger partial charge in [-0.05, 0) is 127 Å². The molecule has 0 aromatic heterocycles. The molecular weight excluding hydrogens is 1190 g/mol. The van der Waals surface area contributed by atoms with Crippen molar-refractivity contribution in [3.05, 3.63) is 75.8 Å². The zero-order valence-corrected chi connectivity index (χ0v) is 56.1. The Morgan fingerprint density at radius 1 is 0.956 bits per heavy atom. The Kier molecular flexibility index (Phi) is 27.3. The molecule has 4 amide bonds. The third-order valence-electron chi connectivity index (χ3n) is 18.5. The molecular formula is C68H99ClN6O16. The van der Waals surface area contributed by atoms with Crippen LogP contribution in [0.4, 0.5) is 16.2 Å². The number of cyclic esters (lactones) is 1. The van der Waals surface area contributed by atoms with E-state index in [4.69, 9.17) is 50.5 Å². The van der Waals surface area contributed by atoms with Gasteiger partial charge in [0.05, 0.1) is 56.6 Å². The lowest BCUT2D eigenvalue weighted by molar-refractivity contribution is -0.187. The molecule has 3 saturated heterocycles. The third-order valence-corrected chi connectivity index (χ3v) is 18.9. The lowest BCUT2D eigenvalue weighted by Crippen LogP contribution is -2.53. The number of nitrogens with one attached hydrogen (secondary N) is 3. The highest BCUT2D eigenvalue weighted by molar-refractivity contribution is 6.34. The maximum Gasteiger partial charge on any atom is 0.328 e. The molecule has 504 valence electrons. The molecule has 0 radical (unpaired) electrons. The van der Waals surface area contributed by atoms with E-state index >= 15 is 0 Å². The van der Waals surface area contributed by atoms with Crippen molar-refractivity contribution >= 4 is 70.3 Å². The van der Waals surface area contributed by atoms with Crippen LogP contribution < -0.4 is 31.3 Å². The zero-order chi connectivity index (χ0) is 66.9. The number of esters is 3. The quantitative estimate of drug-likeness (QED) is 0.0143. The first-order chi connectivity index (χ1) is 43.1. The van der Waals surface area contributed by atoms with Crippen LogP contribution in [0.2, 0.25) is 5.02 Å². The molecule has 11 atom stereocenters. The summed E-state index contributed by atoms with van der Waals surface area (Å²) in [5.74, 6) is -3.62. The first-order valence-corrected chi connectivity index (χ1v) is 32.5. The Balaban J connectivity index is 1.06. The standard InChI is InChI=1S/C68H99ClN6O16/c1-40(2)51(37-50(76)22-14-13-19-42(4)88-65(82)47-20-16-21-47)62(79)73-52(23-17-27-72-66(70)83)55(77)36-48-25-26-49(35-54(48)75-28-30-87-31-29-75)63(80)74(10)44(6)64(81)89-45(7)67(8)61(91-67)43(5)57-38-68(84,39-59(78)90-57)58(86-12)24-15-18-41(3)32-46-33-53(71-9)60(69)56(34-46)85-11/h15,18,24-26,33-35,40,42-45,47,51-52,57-58,61,71,84H,13-14,16-17,19-23,27-32,36-39H2,1-12H3,(H,73,79)(H3,70,72,83)/b24-15+,41-18+/t42?,43-,44+,45+,51+,52+,57+,58-,61+,67+,68-/m1/s1. The van der Waals surface area contributed by atoms with Crippen LogP contribution in [0.1, 0.15) is 154 Å². The zero-order valence-electron chi connectivity index (χ0n) is 55.3. The number of unbranched alkanes of at least 4 members (excludes halogenated alkanes) is 1. The average Bonchev–Trinajstić information content (AvgIpc) is 1.60. The molecule has 4 fully saturated rings. The minimum Gasteiger partial charge on any atom is -0.495 e.